The van der Waals surface area contributed by atoms with E-state index in [4.69, 9.17) is 4.74 Å². The van der Waals surface area contributed by atoms with Crippen molar-refractivity contribution in [1.29, 1.82) is 0 Å². The van der Waals surface area contributed by atoms with Gasteiger partial charge in [-0.15, -0.1) is 0 Å². The quantitative estimate of drug-likeness (QED) is 0.438. The van der Waals surface area contributed by atoms with Gasteiger partial charge in [-0.25, -0.2) is 4.68 Å². The number of hydrogen-bond acceptors (Lipinski definition) is 6. The smallest absolute Gasteiger partial charge is 0.307 e. The Kier molecular flexibility index (Phi) is 5.45. The van der Waals surface area contributed by atoms with Crippen LogP contribution in [0, 0.1) is 10.1 Å². The topological polar surface area (TPSA) is 117 Å². The SMILES string of the molecule is CC(C)(C(=O)Nc1cnn(COc2ccc(Br)cc2)c1)n1cc([N+](=O)[O-])cn1. The van der Waals surface area contributed by atoms with Gasteiger partial charge in [-0.3, -0.25) is 19.6 Å². The van der Waals surface area contributed by atoms with E-state index in [0.29, 0.717) is 11.4 Å². The molecule has 0 atom stereocenters. The highest BCUT2D eigenvalue weighted by Crippen LogP contribution is 2.21. The van der Waals surface area contributed by atoms with Crippen molar-refractivity contribution in [3.05, 3.63) is 63.6 Å². The zero-order valence-corrected chi connectivity index (χ0v) is 16.7. The maximum atomic E-state index is 12.6. The lowest BCUT2D eigenvalue weighted by Crippen LogP contribution is -2.40. The molecular formula is C17H17BrN6O4. The van der Waals surface area contributed by atoms with Crippen LogP contribution in [0.4, 0.5) is 11.4 Å². The Morgan fingerprint density at radius 3 is 2.61 bits per heavy atom. The molecule has 0 spiro atoms. The number of hydrogen-bond donors (Lipinski definition) is 1. The van der Waals surface area contributed by atoms with Crippen LogP contribution in [0.3, 0.4) is 0 Å². The molecule has 146 valence electrons. The molecule has 1 aromatic carbocycles. The molecule has 3 rings (SSSR count). The Morgan fingerprint density at radius 1 is 1.25 bits per heavy atom. The van der Waals surface area contributed by atoms with Crippen molar-refractivity contribution in [3.63, 3.8) is 0 Å². The molecule has 0 saturated heterocycles. The van der Waals surface area contributed by atoms with E-state index in [-0.39, 0.29) is 18.3 Å². The average molecular weight is 449 g/mol. The molecule has 11 heteroatoms. The summed E-state index contributed by atoms with van der Waals surface area (Å²) in [6.07, 6.45) is 5.43. The van der Waals surface area contributed by atoms with Gasteiger partial charge in [0.1, 0.15) is 23.7 Å². The van der Waals surface area contributed by atoms with E-state index in [2.05, 4.69) is 31.4 Å². The molecule has 0 saturated carbocycles. The third-order valence-corrected chi connectivity index (χ3v) is 4.51. The first-order valence-corrected chi connectivity index (χ1v) is 8.97. The predicted octanol–water partition coefficient (Wildman–Crippen LogP) is 3.16. The summed E-state index contributed by atoms with van der Waals surface area (Å²) in [5, 5.41) is 21.6. The Hall–Kier alpha value is -3.21. The number of carbonyl (C=O) groups excluding carboxylic acids is 1. The van der Waals surface area contributed by atoms with Crippen LogP contribution in [0.2, 0.25) is 0 Å². The summed E-state index contributed by atoms with van der Waals surface area (Å²) in [6, 6.07) is 7.38. The Bertz CT molecular complexity index is 995. The van der Waals surface area contributed by atoms with Crippen LogP contribution in [0.25, 0.3) is 0 Å². The number of halogens is 1. The fourth-order valence-corrected chi connectivity index (χ4v) is 2.54. The van der Waals surface area contributed by atoms with Gasteiger partial charge in [0.2, 0.25) is 0 Å². The normalized spacial score (nSPS) is 11.2. The standard InChI is InChI=1S/C17H17BrN6O4/c1-17(2,23-10-14(8-20-23)24(26)27)16(25)21-13-7-19-22(9-13)11-28-15-5-3-12(18)4-6-15/h3-10H,11H2,1-2H3,(H,21,25). The maximum Gasteiger partial charge on any atom is 0.307 e. The van der Waals surface area contributed by atoms with Crippen LogP contribution in [-0.2, 0) is 17.1 Å². The van der Waals surface area contributed by atoms with Crippen molar-refractivity contribution in [2.45, 2.75) is 26.1 Å². The van der Waals surface area contributed by atoms with Gasteiger partial charge in [0, 0.05) is 4.47 Å². The third kappa shape index (κ3) is 4.36. The Balaban J connectivity index is 1.62. The number of nitrogens with one attached hydrogen (secondary N) is 1. The largest absolute Gasteiger partial charge is 0.471 e. The van der Waals surface area contributed by atoms with E-state index in [9.17, 15) is 14.9 Å². The number of nitro groups is 1. The van der Waals surface area contributed by atoms with Gasteiger partial charge in [0.15, 0.2) is 6.73 Å². The number of amides is 1. The van der Waals surface area contributed by atoms with E-state index >= 15 is 0 Å². The Morgan fingerprint density at radius 2 is 1.96 bits per heavy atom. The van der Waals surface area contributed by atoms with E-state index in [1.165, 1.54) is 21.8 Å². The molecule has 0 aliphatic carbocycles. The molecule has 0 unspecified atom stereocenters. The lowest BCUT2D eigenvalue weighted by atomic mass is 10.1. The molecule has 2 heterocycles. The first kappa shape index (κ1) is 19.5. The van der Waals surface area contributed by atoms with Gasteiger partial charge >= 0.3 is 5.69 Å². The maximum absolute atomic E-state index is 12.6. The summed E-state index contributed by atoms with van der Waals surface area (Å²) in [6.45, 7) is 3.40. The minimum atomic E-state index is -1.13. The van der Waals surface area contributed by atoms with Crippen molar-refractivity contribution in [2.24, 2.45) is 0 Å². The van der Waals surface area contributed by atoms with Crippen LogP contribution < -0.4 is 10.1 Å². The summed E-state index contributed by atoms with van der Waals surface area (Å²) >= 11 is 3.36. The van der Waals surface area contributed by atoms with Crippen molar-refractivity contribution in [3.8, 4) is 5.75 Å². The minimum absolute atomic E-state index is 0.173. The summed E-state index contributed by atoms with van der Waals surface area (Å²) in [5.41, 5.74) is -0.845. The highest BCUT2D eigenvalue weighted by atomic mass is 79.9. The predicted molar refractivity (Wildman–Crippen MR) is 104 cm³/mol. The van der Waals surface area contributed by atoms with Crippen LogP contribution in [0.5, 0.6) is 5.75 Å². The van der Waals surface area contributed by atoms with Gasteiger partial charge in [0.05, 0.1) is 23.0 Å². The molecule has 28 heavy (non-hydrogen) atoms. The summed E-state index contributed by atoms with van der Waals surface area (Å²) in [4.78, 5) is 22.9. The highest BCUT2D eigenvalue weighted by Gasteiger charge is 2.32. The van der Waals surface area contributed by atoms with Crippen molar-refractivity contribution in [1.82, 2.24) is 19.6 Å². The lowest BCUT2D eigenvalue weighted by molar-refractivity contribution is -0.385. The van der Waals surface area contributed by atoms with Crippen LogP contribution >= 0.6 is 15.9 Å². The monoisotopic (exact) mass is 448 g/mol. The second kappa shape index (κ2) is 7.80. The zero-order valence-electron chi connectivity index (χ0n) is 15.1. The number of benzene rings is 1. The van der Waals surface area contributed by atoms with Gasteiger partial charge in [-0.1, -0.05) is 15.9 Å². The van der Waals surface area contributed by atoms with E-state index < -0.39 is 10.5 Å². The number of aromatic nitrogens is 4. The number of anilines is 1. The molecule has 3 aromatic rings. The summed E-state index contributed by atoms with van der Waals surface area (Å²) in [7, 11) is 0. The number of ether oxygens (including phenoxy) is 1. The molecule has 1 N–H and O–H groups in total. The van der Waals surface area contributed by atoms with E-state index in [1.807, 2.05) is 24.3 Å². The first-order valence-electron chi connectivity index (χ1n) is 8.17. The number of nitrogens with zero attached hydrogens (tertiary/aromatic N) is 5. The molecule has 0 aliphatic heterocycles. The van der Waals surface area contributed by atoms with Gasteiger partial charge < -0.3 is 10.1 Å². The fourth-order valence-electron chi connectivity index (χ4n) is 2.27. The van der Waals surface area contributed by atoms with Crippen LogP contribution in [0.1, 0.15) is 13.8 Å². The van der Waals surface area contributed by atoms with Crippen LogP contribution in [-0.4, -0.2) is 30.4 Å². The van der Waals surface area contributed by atoms with E-state index in [1.54, 1.807) is 20.0 Å². The third-order valence-electron chi connectivity index (χ3n) is 3.98. The molecule has 0 fully saturated rings. The van der Waals surface area contributed by atoms with Crippen molar-refractivity contribution in [2.75, 3.05) is 5.32 Å². The molecule has 2 aromatic heterocycles. The molecule has 0 aliphatic rings. The zero-order chi connectivity index (χ0) is 20.3. The summed E-state index contributed by atoms with van der Waals surface area (Å²) in [5.74, 6) is 0.296. The van der Waals surface area contributed by atoms with Crippen LogP contribution in [0.15, 0.2) is 53.5 Å². The lowest BCUT2D eigenvalue weighted by Gasteiger charge is -2.23. The van der Waals surface area contributed by atoms with Crippen molar-refractivity contribution < 1.29 is 14.5 Å². The highest BCUT2D eigenvalue weighted by molar-refractivity contribution is 9.10. The minimum Gasteiger partial charge on any atom is -0.471 e. The van der Waals surface area contributed by atoms with Gasteiger partial charge in [0.25, 0.3) is 5.91 Å². The second-order valence-electron chi connectivity index (χ2n) is 6.41. The molecule has 10 nitrogen and oxygen atoms in total. The van der Waals surface area contributed by atoms with Gasteiger partial charge in [-0.05, 0) is 38.1 Å². The van der Waals surface area contributed by atoms with Crippen molar-refractivity contribution >= 4 is 33.2 Å². The Labute approximate surface area is 168 Å². The van der Waals surface area contributed by atoms with E-state index in [0.717, 1.165) is 10.7 Å². The number of rotatable bonds is 7. The molecule has 0 radical (unpaired) electrons. The van der Waals surface area contributed by atoms with Gasteiger partial charge in [-0.2, -0.15) is 10.2 Å². The molecule has 0 bridgehead atoms. The number of carbonyl (C=O) groups is 1. The average Bonchev–Trinajstić information content (AvgIpc) is 3.31. The second-order valence-corrected chi connectivity index (χ2v) is 7.32. The fraction of sp³-hybridized carbons (Fsp3) is 0.235. The molecule has 1 amide bonds. The first-order chi connectivity index (χ1) is 13.3. The summed E-state index contributed by atoms with van der Waals surface area (Å²) < 4.78 is 9.35. The molecular weight excluding hydrogens is 432 g/mol.